The molecule has 0 spiro atoms. The van der Waals surface area contributed by atoms with Crippen LogP contribution in [0, 0.1) is 0 Å². The van der Waals surface area contributed by atoms with Crippen LogP contribution in [0.4, 0.5) is 9.93 Å². The van der Waals surface area contributed by atoms with Gasteiger partial charge in [-0.2, -0.15) is 0 Å². The summed E-state index contributed by atoms with van der Waals surface area (Å²) in [6.45, 7) is 7.82. The molecule has 1 N–H and O–H groups in total. The van der Waals surface area contributed by atoms with Gasteiger partial charge in [-0.15, -0.1) is 10.2 Å². The van der Waals surface area contributed by atoms with Crippen molar-refractivity contribution < 1.29 is 9.53 Å². The number of nitrogens with zero attached hydrogens (tertiary/aromatic N) is 4. The first-order chi connectivity index (χ1) is 10.6. The molecule has 2 aliphatic rings. The lowest BCUT2D eigenvalue weighted by atomic mass is 10.1. The van der Waals surface area contributed by atoms with E-state index in [0.717, 1.165) is 39.0 Å². The van der Waals surface area contributed by atoms with Gasteiger partial charge in [0.05, 0.1) is 12.2 Å². The molecule has 2 saturated heterocycles. The molecule has 22 heavy (non-hydrogen) atoms. The zero-order valence-corrected chi connectivity index (χ0v) is 13.9. The van der Waals surface area contributed by atoms with Crippen LogP contribution in [0.2, 0.25) is 0 Å². The second-order valence-corrected chi connectivity index (χ2v) is 6.97. The van der Waals surface area contributed by atoms with E-state index in [2.05, 4.69) is 34.3 Å². The van der Waals surface area contributed by atoms with E-state index in [1.807, 2.05) is 4.90 Å². The average Bonchev–Trinajstić information content (AvgIpc) is 3.08. The molecule has 0 aromatic carbocycles. The number of hydrogen-bond acceptors (Lipinski definition) is 6. The third-order valence-corrected chi connectivity index (χ3v) is 4.78. The van der Waals surface area contributed by atoms with Crippen LogP contribution in [0.3, 0.4) is 0 Å². The topological polar surface area (TPSA) is 70.6 Å². The summed E-state index contributed by atoms with van der Waals surface area (Å²) in [6, 6.07) is 0.207. The Bertz CT molecular complexity index is 487. The van der Waals surface area contributed by atoms with Crippen molar-refractivity contribution in [3.05, 3.63) is 5.51 Å². The number of carbonyl (C=O) groups is 1. The van der Waals surface area contributed by atoms with Crippen LogP contribution in [0.25, 0.3) is 0 Å². The monoisotopic (exact) mass is 325 g/mol. The van der Waals surface area contributed by atoms with E-state index in [4.69, 9.17) is 4.74 Å². The lowest BCUT2D eigenvalue weighted by molar-refractivity contribution is -0.0712. The zero-order chi connectivity index (χ0) is 15.5. The van der Waals surface area contributed by atoms with Gasteiger partial charge in [0.2, 0.25) is 5.13 Å². The molecule has 2 amide bonds. The number of urea groups is 1. The van der Waals surface area contributed by atoms with E-state index in [1.54, 1.807) is 5.51 Å². The molecule has 3 heterocycles. The molecule has 3 atom stereocenters. The summed E-state index contributed by atoms with van der Waals surface area (Å²) in [5.41, 5.74) is 1.62. The van der Waals surface area contributed by atoms with Crippen molar-refractivity contribution in [2.75, 3.05) is 31.5 Å². The maximum absolute atomic E-state index is 12.4. The molecule has 3 rings (SSSR count). The molecule has 0 aliphatic carbocycles. The van der Waals surface area contributed by atoms with E-state index in [1.165, 1.54) is 11.3 Å². The molecule has 0 unspecified atom stereocenters. The van der Waals surface area contributed by atoms with Crippen LogP contribution in [-0.4, -0.2) is 70.5 Å². The number of anilines is 1. The van der Waals surface area contributed by atoms with Crippen molar-refractivity contribution in [2.45, 2.75) is 44.9 Å². The number of nitrogens with one attached hydrogen (secondary N) is 1. The Kier molecular flexibility index (Phi) is 4.90. The fourth-order valence-corrected chi connectivity index (χ4v) is 3.85. The molecule has 0 radical (unpaired) electrons. The normalized spacial score (nSPS) is 29.7. The Hall–Kier alpha value is -1.25. The molecule has 2 fully saturated rings. The maximum atomic E-state index is 12.4. The molecule has 1 aromatic rings. The van der Waals surface area contributed by atoms with Gasteiger partial charge in [0, 0.05) is 32.2 Å². The molecule has 8 heteroatoms. The predicted molar refractivity (Wildman–Crippen MR) is 85.1 cm³/mol. The van der Waals surface area contributed by atoms with E-state index < -0.39 is 0 Å². The van der Waals surface area contributed by atoms with Gasteiger partial charge in [0.25, 0.3) is 0 Å². The number of hydrogen-bond donors (Lipinski definition) is 1. The Balaban J connectivity index is 1.57. The summed E-state index contributed by atoms with van der Waals surface area (Å²) in [6.07, 6.45) is 2.63. The second-order valence-electron chi connectivity index (χ2n) is 6.14. The summed E-state index contributed by atoms with van der Waals surface area (Å²) in [7, 11) is 0. The number of likely N-dealkylation sites (tertiary alicyclic amines) is 1. The predicted octanol–water partition coefficient (Wildman–Crippen LogP) is 1.64. The number of ether oxygens (including phenoxy) is 1. The van der Waals surface area contributed by atoms with E-state index >= 15 is 0 Å². The quantitative estimate of drug-likeness (QED) is 0.915. The van der Waals surface area contributed by atoms with Crippen LogP contribution in [0.1, 0.15) is 26.7 Å². The second kappa shape index (κ2) is 6.89. The third kappa shape index (κ3) is 3.74. The Morgan fingerprint density at radius 2 is 2.23 bits per heavy atom. The van der Waals surface area contributed by atoms with Crippen LogP contribution in [0.5, 0.6) is 0 Å². The van der Waals surface area contributed by atoms with Gasteiger partial charge < -0.3 is 9.64 Å². The van der Waals surface area contributed by atoms with E-state index in [0.29, 0.717) is 5.13 Å². The van der Waals surface area contributed by atoms with Gasteiger partial charge in [0.15, 0.2) is 0 Å². The van der Waals surface area contributed by atoms with Gasteiger partial charge >= 0.3 is 6.03 Å². The molecule has 1 aromatic heterocycles. The van der Waals surface area contributed by atoms with Crippen molar-refractivity contribution in [1.82, 2.24) is 20.0 Å². The summed E-state index contributed by atoms with van der Waals surface area (Å²) in [5, 5.41) is 11.0. The van der Waals surface area contributed by atoms with Gasteiger partial charge in [-0.3, -0.25) is 10.2 Å². The van der Waals surface area contributed by atoms with Crippen LogP contribution >= 0.6 is 11.3 Å². The number of rotatable bonds is 3. The standard InChI is InChI=1S/C14H23N5O2S/c1-10-6-18(7-11(2)21-10)8-12-4-3-5-19(12)14(20)16-13-17-15-9-22-13/h9-12H,3-8H2,1-2H3,(H,16,17,20)/t10-,11+,12-/m0/s1. The highest BCUT2D eigenvalue weighted by Gasteiger charge is 2.32. The largest absolute Gasteiger partial charge is 0.373 e. The van der Waals surface area contributed by atoms with Crippen LogP contribution < -0.4 is 5.32 Å². The van der Waals surface area contributed by atoms with E-state index in [-0.39, 0.29) is 24.3 Å². The minimum Gasteiger partial charge on any atom is -0.373 e. The Morgan fingerprint density at radius 1 is 1.45 bits per heavy atom. The first-order valence-corrected chi connectivity index (χ1v) is 8.71. The SMILES string of the molecule is C[C@@H]1CN(C[C@@H]2CCCN2C(=O)Nc2nncs2)C[C@H](C)O1. The minimum absolute atomic E-state index is 0.0615. The lowest BCUT2D eigenvalue weighted by Gasteiger charge is -2.38. The smallest absolute Gasteiger partial charge is 0.323 e. The summed E-state index contributed by atoms with van der Waals surface area (Å²) in [5.74, 6) is 0. The number of carbonyl (C=O) groups excluding carboxylic acids is 1. The van der Waals surface area contributed by atoms with E-state index in [9.17, 15) is 4.79 Å². The highest BCUT2D eigenvalue weighted by Crippen LogP contribution is 2.22. The third-order valence-electron chi connectivity index (χ3n) is 4.18. The molecule has 0 bridgehead atoms. The van der Waals surface area contributed by atoms with Gasteiger partial charge in [-0.25, -0.2) is 4.79 Å². The van der Waals surface area contributed by atoms with Gasteiger partial charge in [-0.05, 0) is 26.7 Å². The number of aromatic nitrogens is 2. The van der Waals surface area contributed by atoms with Gasteiger partial charge in [0.1, 0.15) is 5.51 Å². The zero-order valence-electron chi connectivity index (χ0n) is 13.1. The van der Waals surface area contributed by atoms with Crippen molar-refractivity contribution in [1.29, 1.82) is 0 Å². The van der Waals surface area contributed by atoms with Gasteiger partial charge in [-0.1, -0.05) is 11.3 Å². The average molecular weight is 325 g/mol. The van der Waals surface area contributed by atoms with Crippen molar-refractivity contribution in [3.8, 4) is 0 Å². The summed E-state index contributed by atoms with van der Waals surface area (Å²) in [4.78, 5) is 16.8. The fourth-order valence-electron chi connectivity index (χ4n) is 3.42. The molecule has 2 aliphatic heterocycles. The van der Waals surface area contributed by atoms with Crippen LogP contribution in [0.15, 0.2) is 5.51 Å². The van der Waals surface area contributed by atoms with Crippen molar-refractivity contribution in [2.24, 2.45) is 0 Å². The first-order valence-electron chi connectivity index (χ1n) is 7.83. The molecule has 7 nitrogen and oxygen atoms in total. The number of amides is 2. The fraction of sp³-hybridized carbons (Fsp3) is 0.786. The molecular formula is C14H23N5O2S. The van der Waals surface area contributed by atoms with Crippen molar-refractivity contribution in [3.63, 3.8) is 0 Å². The highest BCUT2D eigenvalue weighted by molar-refractivity contribution is 7.13. The molecule has 122 valence electrons. The Morgan fingerprint density at radius 3 is 2.91 bits per heavy atom. The maximum Gasteiger partial charge on any atom is 0.323 e. The van der Waals surface area contributed by atoms with Crippen LogP contribution in [-0.2, 0) is 4.74 Å². The lowest BCUT2D eigenvalue weighted by Crippen LogP contribution is -2.51. The molecular weight excluding hydrogens is 302 g/mol. The highest BCUT2D eigenvalue weighted by atomic mass is 32.1. The summed E-state index contributed by atoms with van der Waals surface area (Å²) < 4.78 is 5.78. The first kappa shape index (κ1) is 15.6. The number of morpholine rings is 1. The summed E-state index contributed by atoms with van der Waals surface area (Å²) >= 11 is 1.34. The van der Waals surface area contributed by atoms with Crippen molar-refractivity contribution >= 4 is 22.5 Å². The minimum atomic E-state index is -0.0615. The molecule has 0 saturated carbocycles. The Labute approximate surface area is 134 Å².